The number of ether oxygens (including phenoxy) is 1. The third-order valence-corrected chi connectivity index (χ3v) is 10.5. The van der Waals surface area contributed by atoms with Crippen molar-refractivity contribution in [3.8, 4) is 5.75 Å². The van der Waals surface area contributed by atoms with Gasteiger partial charge >= 0.3 is 4.87 Å². The number of rotatable bonds is 6. The molecule has 0 saturated carbocycles. The third kappa shape index (κ3) is 5.00. The number of imide groups is 1. The molecule has 2 aliphatic heterocycles. The van der Waals surface area contributed by atoms with E-state index in [9.17, 15) is 23.6 Å². The van der Waals surface area contributed by atoms with Crippen LogP contribution < -0.4 is 19.8 Å². The van der Waals surface area contributed by atoms with Crippen molar-refractivity contribution in [2.24, 2.45) is 5.92 Å². The lowest BCUT2D eigenvalue weighted by molar-refractivity contribution is -0.122. The number of carbonyl (C=O) groups excluding carboxylic acids is 3. The Morgan fingerprint density at radius 2 is 1.69 bits per heavy atom. The molecule has 6 rings (SSSR count). The van der Waals surface area contributed by atoms with E-state index in [4.69, 9.17) is 27.9 Å². The number of thioether (sulfide) groups is 1. The van der Waals surface area contributed by atoms with E-state index < -0.39 is 45.5 Å². The summed E-state index contributed by atoms with van der Waals surface area (Å²) in [4.78, 5) is 55.2. The van der Waals surface area contributed by atoms with Crippen LogP contribution >= 0.6 is 46.3 Å². The Labute approximate surface area is 257 Å². The van der Waals surface area contributed by atoms with Crippen LogP contribution in [0.3, 0.4) is 0 Å². The van der Waals surface area contributed by atoms with Crippen LogP contribution in [0.4, 0.5) is 15.8 Å². The van der Waals surface area contributed by atoms with Crippen LogP contribution in [0.1, 0.15) is 16.4 Å². The van der Waals surface area contributed by atoms with Crippen LogP contribution in [-0.4, -0.2) is 34.6 Å². The standard InChI is InChI=1S/C29H20Cl2FN3O5S2/c1-40-18-9-7-17(8-10-18)35-26(37)23-22(14-2-4-15(32)5-3-14)25-28(41-24(23)27(35)38)34(29(39)42-25)13-21(36)33-16-6-11-19(30)20(31)12-16/h2-12,22-24H,13H2,1H3,(H,33,36). The van der Waals surface area contributed by atoms with E-state index in [0.29, 0.717) is 37.6 Å². The second-order valence-corrected chi connectivity index (χ2v) is 12.5. The molecule has 1 N–H and O–H groups in total. The molecule has 1 saturated heterocycles. The molecule has 4 aromatic rings. The fraction of sp³-hybridized carbons (Fsp3) is 0.172. The lowest BCUT2D eigenvalue weighted by atomic mass is 9.83. The normalized spacial score (nSPS) is 19.4. The molecular formula is C29H20Cl2FN3O5S2. The number of carbonyl (C=O) groups is 3. The molecule has 0 bridgehead atoms. The summed E-state index contributed by atoms with van der Waals surface area (Å²) in [5, 5.41) is 2.84. The van der Waals surface area contributed by atoms with Gasteiger partial charge in [0.05, 0.1) is 33.8 Å². The van der Waals surface area contributed by atoms with E-state index in [0.717, 1.165) is 28.0 Å². The summed E-state index contributed by atoms with van der Waals surface area (Å²) in [6.45, 7) is -0.338. The SMILES string of the molecule is COc1ccc(N2C(=O)C3Sc4c(sc(=O)n4CC(=O)Nc4ccc(Cl)c(Cl)c4)C(c4ccc(F)cc4)C3C2=O)cc1. The van der Waals surface area contributed by atoms with Gasteiger partial charge in [0.25, 0.3) is 0 Å². The van der Waals surface area contributed by atoms with Crippen molar-refractivity contribution in [1.29, 1.82) is 0 Å². The Morgan fingerprint density at radius 3 is 2.36 bits per heavy atom. The zero-order chi connectivity index (χ0) is 29.7. The average Bonchev–Trinajstić information content (AvgIpc) is 3.41. The van der Waals surface area contributed by atoms with Crippen molar-refractivity contribution in [2.75, 3.05) is 17.3 Å². The predicted octanol–water partition coefficient (Wildman–Crippen LogP) is 5.80. The molecule has 3 aromatic carbocycles. The monoisotopic (exact) mass is 643 g/mol. The highest BCUT2D eigenvalue weighted by molar-refractivity contribution is 8.00. The molecule has 3 atom stereocenters. The van der Waals surface area contributed by atoms with Gasteiger partial charge in [-0.1, -0.05) is 58.4 Å². The van der Waals surface area contributed by atoms with E-state index >= 15 is 0 Å². The summed E-state index contributed by atoms with van der Waals surface area (Å²) in [6, 6.07) is 16.8. The summed E-state index contributed by atoms with van der Waals surface area (Å²) >= 11 is 14.0. The third-order valence-electron chi connectivity index (χ3n) is 7.11. The van der Waals surface area contributed by atoms with E-state index in [2.05, 4.69) is 5.32 Å². The van der Waals surface area contributed by atoms with Crippen LogP contribution in [0.5, 0.6) is 5.75 Å². The molecule has 1 fully saturated rings. The molecule has 0 spiro atoms. The van der Waals surface area contributed by atoms with Crippen LogP contribution in [0.25, 0.3) is 0 Å². The number of aromatic nitrogens is 1. The fourth-order valence-electron chi connectivity index (χ4n) is 5.19. The Kier molecular flexibility index (Phi) is 7.61. The van der Waals surface area contributed by atoms with E-state index in [1.807, 2.05) is 0 Å². The van der Waals surface area contributed by atoms with Gasteiger partial charge in [-0.2, -0.15) is 0 Å². The summed E-state index contributed by atoms with van der Waals surface area (Å²) in [6.07, 6.45) is 0. The zero-order valence-electron chi connectivity index (χ0n) is 21.7. The van der Waals surface area contributed by atoms with Gasteiger partial charge in [0.15, 0.2) is 0 Å². The minimum Gasteiger partial charge on any atom is -0.497 e. The van der Waals surface area contributed by atoms with Crippen LogP contribution in [0.2, 0.25) is 10.0 Å². The number of nitrogens with zero attached hydrogens (tertiary/aromatic N) is 2. The first kappa shape index (κ1) is 28.5. The maximum atomic E-state index is 13.9. The first-order valence-corrected chi connectivity index (χ1v) is 15.0. The highest BCUT2D eigenvalue weighted by Crippen LogP contribution is 2.54. The highest BCUT2D eigenvalue weighted by Gasteiger charge is 2.56. The molecule has 0 radical (unpaired) electrons. The number of hydrogen-bond acceptors (Lipinski definition) is 7. The van der Waals surface area contributed by atoms with Gasteiger partial charge in [-0.05, 0) is 60.2 Å². The molecule has 214 valence electrons. The van der Waals surface area contributed by atoms with Gasteiger partial charge in [0.2, 0.25) is 17.7 Å². The maximum Gasteiger partial charge on any atom is 0.308 e. The lowest BCUT2D eigenvalue weighted by Crippen LogP contribution is -2.33. The molecule has 1 aromatic heterocycles. The second-order valence-electron chi connectivity index (χ2n) is 9.60. The number of nitrogens with one attached hydrogen (secondary N) is 1. The number of thiazole rings is 1. The van der Waals surface area contributed by atoms with E-state index in [-0.39, 0.29) is 11.6 Å². The number of fused-ring (bicyclic) bond motifs is 2. The smallest absolute Gasteiger partial charge is 0.308 e. The predicted molar refractivity (Wildman–Crippen MR) is 161 cm³/mol. The summed E-state index contributed by atoms with van der Waals surface area (Å²) in [5.41, 5.74) is 1.37. The van der Waals surface area contributed by atoms with Crippen molar-refractivity contribution in [1.82, 2.24) is 4.57 Å². The van der Waals surface area contributed by atoms with E-state index in [1.54, 1.807) is 48.5 Å². The van der Waals surface area contributed by atoms with Crippen LogP contribution in [0, 0.1) is 11.7 Å². The summed E-state index contributed by atoms with van der Waals surface area (Å²) < 4.78 is 20.4. The topological polar surface area (TPSA) is 97.7 Å². The molecule has 0 aliphatic carbocycles. The summed E-state index contributed by atoms with van der Waals surface area (Å²) in [7, 11) is 1.52. The number of methoxy groups -OCH3 is 1. The van der Waals surface area contributed by atoms with Crippen molar-refractivity contribution < 1.29 is 23.5 Å². The molecule has 2 aliphatic rings. The van der Waals surface area contributed by atoms with Gasteiger partial charge in [0.1, 0.15) is 23.4 Å². The van der Waals surface area contributed by atoms with Crippen LogP contribution in [-0.2, 0) is 20.9 Å². The largest absolute Gasteiger partial charge is 0.497 e. The maximum absolute atomic E-state index is 13.9. The molecule has 13 heteroatoms. The molecular weight excluding hydrogens is 624 g/mol. The van der Waals surface area contributed by atoms with Crippen molar-refractivity contribution in [3.05, 3.63) is 103 Å². The Bertz CT molecular complexity index is 1790. The molecule has 3 unspecified atom stereocenters. The first-order valence-electron chi connectivity index (χ1n) is 12.6. The van der Waals surface area contributed by atoms with Gasteiger partial charge in [-0.15, -0.1) is 0 Å². The lowest BCUT2D eigenvalue weighted by Gasteiger charge is -2.30. The minimum absolute atomic E-state index is 0.258. The van der Waals surface area contributed by atoms with Gasteiger partial charge in [0, 0.05) is 16.5 Å². The summed E-state index contributed by atoms with van der Waals surface area (Å²) in [5.74, 6) is -2.80. The molecule has 8 nitrogen and oxygen atoms in total. The van der Waals surface area contributed by atoms with Crippen LogP contribution in [0.15, 0.2) is 76.6 Å². The second kappa shape index (κ2) is 11.2. The Morgan fingerprint density at radius 1 is 0.976 bits per heavy atom. The van der Waals surface area contributed by atoms with Crippen molar-refractivity contribution in [2.45, 2.75) is 22.7 Å². The van der Waals surface area contributed by atoms with Crippen molar-refractivity contribution in [3.63, 3.8) is 0 Å². The van der Waals surface area contributed by atoms with Gasteiger partial charge < -0.3 is 10.1 Å². The number of anilines is 2. The van der Waals surface area contributed by atoms with Crippen molar-refractivity contribution >= 4 is 75.4 Å². The fourth-order valence-corrected chi connectivity index (χ4v) is 8.26. The number of benzene rings is 3. The molecule has 3 amide bonds. The number of halogens is 3. The quantitative estimate of drug-likeness (QED) is 0.267. The number of amides is 3. The average molecular weight is 645 g/mol. The van der Waals surface area contributed by atoms with E-state index in [1.165, 1.54) is 29.9 Å². The van der Waals surface area contributed by atoms with Gasteiger partial charge in [-0.25, -0.2) is 9.29 Å². The molecule has 3 heterocycles. The first-order chi connectivity index (χ1) is 20.2. The zero-order valence-corrected chi connectivity index (χ0v) is 24.8. The number of hydrogen-bond donors (Lipinski definition) is 1. The minimum atomic E-state index is -0.875. The highest BCUT2D eigenvalue weighted by atomic mass is 35.5. The Balaban J connectivity index is 1.39. The van der Waals surface area contributed by atoms with Gasteiger partial charge in [-0.3, -0.25) is 23.7 Å². The Hall–Kier alpha value is -3.64. The molecule has 42 heavy (non-hydrogen) atoms.